The molecule has 2 aromatic heterocycles. The summed E-state index contributed by atoms with van der Waals surface area (Å²) in [6.07, 6.45) is 4.72. The third kappa shape index (κ3) is 5.84. The molecule has 2 aromatic rings. The largest absolute Gasteiger partial charge is 0.384 e. The average molecular weight is 466 g/mol. The van der Waals surface area contributed by atoms with Crippen molar-refractivity contribution in [1.29, 1.82) is 0 Å². The van der Waals surface area contributed by atoms with Crippen LogP contribution in [0, 0.1) is 5.92 Å². The SMILES string of the molecule is O=C(Nc1cc(-c2cc(NCC3CCOCC3)cnc2Cl)c(Cl)cn1)[C@H]1CNCCO1. The number of ether oxygens (including phenoxy) is 2. The Hall–Kier alpha value is -1.97. The van der Waals surface area contributed by atoms with E-state index in [2.05, 4.69) is 25.9 Å². The van der Waals surface area contributed by atoms with E-state index in [4.69, 9.17) is 32.7 Å². The summed E-state index contributed by atoms with van der Waals surface area (Å²) in [6.45, 7) is 4.14. The van der Waals surface area contributed by atoms with E-state index >= 15 is 0 Å². The van der Waals surface area contributed by atoms with Crippen LogP contribution in [0.15, 0.2) is 24.5 Å². The number of rotatable bonds is 6. The second kappa shape index (κ2) is 10.6. The zero-order valence-electron chi connectivity index (χ0n) is 17.0. The first kappa shape index (κ1) is 22.2. The molecule has 4 heterocycles. The first-order valence-corrected chi connectivity index (χ1v) is 11.1. The van der Waals surface area contributed by atoms with E-state index in [1.165, 1.54) is 6.20 Å². The van der Waals surface area contributed by atoms with Gasteiger partial charge in [-0.2, -0.15) is 0 Å². The normalized spacial score (nSPS) is 19.7. The van der Waals surface area contributed by atoms with Gasteiger partial charge in [-0.3, -0.25) is 4.79 Å². The molecule has 166 valence electrons. The van der Waals surface area contributed by atoms with Crippen LogP contribution in [0.5, 0.6) is 0 Å². The summed E-state index contributed by atoms with van der Waals surface area (Å²) in [5.41, 5.74) is 2.16. The number of anilines is 2. The quantitative estimate of drug-likeness (QED) is 0.563. The van der Waals surface area contributed by atoms with Crippen molar-refractivity contribution in [2.24, 2.45) is 5.92 Å². The minimum absolute atomic E-state index is 0.260. The molecule has 31 heavy (non-hydrogen) atoms. The molecule has 4 rings (SSSR count). The van der Waals surface area contributed by atoms with Crippen molar-refractivity contribution < 1.29 is 14.3 Å². The van der Waals surface area contributed by atoms with E-state index in [1.54, 1.807) is 12.3 Å². The lowest BCUT2D eigenvalue weighted by atomic mass is 10.0. The number of carbonyl (C=O) groups excluding carboxylic acids is 1. The Morgan fingerprint density at radius 2 is 1.97 bits per heavy atom. The average Bonchev–Trinajstić information content (AvgIpc) is 2.81. The van der Waals surface area contributed by atoms with Gasteiger partial charge in [0.25, 0.3) is 5.91 Å². The van der Waals surface area contributed by atoms with Gasteiger partial charge >= 0.3 is 0 Å². The van der Waals surface area contributed by atoms with Gasteiger partial charge in [-0.05, 0) is 30.9 Å². The summed E-state index contributed by atoms with van der Waals surface area (Å²) >= 11 is 12.8. The van der Waals surface area contributed by atoms with Gasteiger partial charge in [0.05, 0.1) is 23.5 Å². The molecule has 0 spiro atoms. The van der Waals surface area contributed by atoms with Gasteiger partial charge in [-0.25, -0.2) is 9.97 Å². The Morgan fingerprint density at radius 3 is 2.74 bits per heavy atom. The lowest BCUT2D eigenvalue weighted by Crippen LogP contribution is -2.45. The van der Waals surface area contributed by atoms with Gasteiger partial charge in [0.15, 0.2) is 0 Å². The highest BCUT2D eigenvalue weighted by molar-refractivity contribution is 6.36. The molecule has 2 aliphatic rings. The van der Waals surface area contributed by atoms with E-state index in [0.29, 0.717) is 46.2 Å². The fraction of sp³-hybridized carbons (Fsp3) is 0.476. The molecule has 1 atom stereocenters. The maximum absolute atomic E-state index is 12.5. The number of aromatic nitrogens is 2. The lowest BCUT2D eigenvalue weighted by molar-refractivity contribution is -0.128. The predicted molar refractivity (Wildman–Crippen MR) is 121 cm³/mol. The summed E-state index contributed by atoms with van der Waals surface area (Å²) in [7, 11) is 0. The Balaban J connectivity index is 1.49. The maximum atomic E-state index is 12.5. The molecule has 3 N–H and O–H groups in total. The number of hydrogen-bond donors (Lipinski definition) is 3. The third-order valence-electron chi connectivity index (χ3n) is 5.39. The van der Waals surface area contributed by atoms with Crippen molar-refractivity contribution in [3.05, 3.63) is 34.7 Å². The zero-order valence-corrected chi connectivity index (χ0v) is 18.5. The van der Waals surface area contributed by atoms with Crippen LogP contribution in [0.3, 0.4) is 0 Å². The van der Waals surface area contributed by atoms with Gasteiger partial charge in [0.2, 0.25) is 0 Å². The van der Waals surface area contributed by atoms with E-state index in [-0.39, 0.29) is 5.91 Å². The van der Waals surface area contributed by atoms with Crippen molar-refractivity contribution in [2.75, 3.05) is 50.1 Å². The van der Waals surface area contributed by atoms with Gasteiger partial charge in [-0.1, -0.05) is 23.2 Å². The Morgan fingerprint density at radius 1 is 1.13 bits per heavy atom. The monoisotopic (exact) mass is 465 g/mol. The van der Waals surface area contributed by atoms with E-state index in [1.807, 2.05) is 6.07 Å². The highest BCUT2D eigenvalue weighted by Gasteiger charge is 2.22. The second-order valence-electron chi connectivity index (χ2n) is 7.60. The second-order valence-corrected chi connectivity index (χ2v) is 8.37. The van der Waals surface area contributed by atoms with Crippen LogP contribution in [0.2, 0.25) is 10.2 Å². The first-order valence-electron chi connectivity index (χ1n) is 10.4. The van der Waals surface area contributed by atoms with Crippen LogP contribution in [-0.4, -0.2) is 61.4 Å². The minimum atomic E-state index is -0.558. The number of nitrogens with one attached hydrogen (secondary N) is 3. The number of amides is 1. The van der Waals surface area contributed by atoms with Gasteiger partial charge in [0.1, 0.15) is 17.1 Å². The minimum Gasteiger partial charge on any atom is -0.384 e. The van der Waals surface area contributed by atoms with E-state index in [9.17, 15) is 4.79 Å². The molecule has 2 saturated heterocycles. The van der Waals surface area contributed by atoms with Gasteiger partial charge in [-0.15, -0.1) is 0 Å². The summed E-state index contributed by atoms with van der Waals surface area (Å²) < 4.78 is 10.9. The lowest BCUT2D eigenvalue weighted by Gasteiger charge is -2.23. The Kier molecular flexibility index (Phi) is 7.58. The van der Waals surface area contributed by atoms with Crippen LogP contribution in [-0.2, 0) is 14.3 Å². The van der Waals surface area contributed by atoms with Crippen molar-refractivity contribution in [1.82, 2.24) is 15.3 Å². The highest BCUT2D eigenvalue weighted by Crippen LogP contribution is 2.35. The van der Waals surface area contributed by atoms with Crippen LogP contribution in [0.1, 0.15) is 12.8 Å². The highest BCUT2D eigenvalue weighted by atomic mass is 35.5. The maximum Gasteiger partial charge on any atom is 0.255 e. The van der Waals surface area contributed by atoms with Crippen LogP contribution in [0.4, 0.5) is 11.5 Å². The number of hydrogen-bond acceptors (Lipinski definition) is 7. The van der Waals surface area contributed by atoms with Crippen molar-refractivity contribution >= 4 is 40.6 Å². The molecule has 1 amide bonds. The zero-order chi connectivity index (χ0) is 21.6. The van der Waals surface area contributed by atoms with Gasteiger partial charge < -0.3 is 25.4 Å². The topological polar surface area (TPSA) is 97.4 Å². The molecule has 0 saturated carbocycles. The van der Waals surface area contributed by atoms with Crippen molar-refractivity contribution in [3.63, 3.8) is 0 Å². The molecule has 2 aliphatic heterocycles. The molecule has 0 radical (unpaired) electrons. The van der Waals surface area contributed by atoms with Crippen LogP contribution < -0.4 is 16.0 Å². The summed E-state index contributed by atoms with van der Waals surface area (Å²) in [4.78, 5) is 21.0. The van der Waals surface area contributed by atoms with Gasteiger partial charge in [0, 0.05) is 50.2 Å². The molecule has 10 heteroatoms. The standard InChI is InChI=1S/C21H25Cl2N5O3/c22-17-11-26-19(28-21(29)18-12-24-3-6-31-18)8-15(17)16-7-14(10-27-20(16)23)25-9-13-1-4-30-5-2-13/h7-8,10-11,13,18,24-25H,1-6,9,12H2,(H,26,28,29)/t18-/m1/s1. The van der Waals surface area contributed by atoms with E-state index in [0.717, 1.165) is 44.8 Å². The molecular weight excluding hydrogens is 441 g/mol. The Labute approximate surface area is 191 Å². The molecule has 0 bridgehead atoms. The fourth-order valence-corrected chi connectivity index (χ4v) is 4.01. The molecule has 8 nitrogen and oxygen atoms in total. The summed E-state index contributed by atoms with van der Waals surface area (Å²) in [6, 6.07) is 3.61. The van der Waals surface area contributed by atoms with Crippen molar-refractivity contribution in [2.45, 2.75) is 18.9 Å². The first-order chi connectivity index (χ1) is 15.1. The number of pyridine rings is 2. The number of morpholine rings is 1. The van der Waals surface area contributed by atoms with Crippen LogP contribution in [0.25, 0.3) is 11.1 Å². The number of nitrogens with zero attached hydrogens (tertiary/aromatic N) is 2. The van der Waals surface area contributed by atoms with Crippen molar-refractivity contribution in [3.8, 4) is 11.1 Å². The fourth-order valence-electron chi connectivity index (χ4n) is 3.60. The smallest absolute Gasteiger partial charge is 0.255 e. The number of halogens is 2. The molecule has 2 fully saturated rings. The summed E-state index contributed by atoms with van der Waals surface area (Å²) in [5.74, 6) is 0.676. The summed E-state index contributed by atoms with van der Waals surface area (Å²) in [5, 5.41) is 10.1. The Bertz CT molecular complexity index is 918. The molecule has 0 aromatic carbocycles. The number of carbonyl (C=O) groups is 1. The van der Waals surface area contributed by atoms with Crippen LogP contribution >= 0.6 is 23.2 Å². The molecule has 0 unspecified atom stereocenters. The third-order valence-corrected chi connectivity index (χ3v) is 5.99. The molecule has 0 aliphatic carbocycles. The molecular formula is C21H25Cl2N5O3. The predicted octanol–water partition coefficient (Wildman–Crippen LogP) is 3.22. The van der Waals surface area contributed by atoms with E-state index < -0.39 is 6.10 Å².